The number of hydrogen-bond acceptors (Lipinski definition) is 4. The molecule has 0 saturated heterocycles. The molecule has 0 atom stereocenters. The predicted octanol–water partition coefficient (Wildman–Crippen LogP) is 8.85. The Labute approximate surface area is 244 Å². The summed E-state index contributed by atoms with van der Waals surface area (Å²) >= 11 is 12.7. The Hall–Kier alpha value is -3.08. The zero-order valence-electron chi connectivity index (χ0n) is 20.5. The van der Waals surface area contributed by atoms with Gasteiger partial charge in [-0.1, -0.05) is 68.3 Å². The molecule has 0 bridgehead atoms. The second-order valence-corrected chi connectivity index (χ2v) is 11.2. The van der Waals surface area contributed by atoms with Gasteiger partial charge in [0.25, 0.3) is 0 Å². The van der Waals surface area contributed by atoms with Gasteiger partial charge in [0.1, 0.15) is 11.3 Å². The van der Waals surface area contributed by atoms with E-state index in [2.05, 4.69) is 41.6 Å². The van der Waals surface area contributed by atoms with Crippen molar-refractivity contribution in [2.45, 2.75) is 12.8 Å². The second kappa shape index (κ2) is 11.2. The number of rotatable bonds is 7. The van der Waals surface area contributed by atoms with E-state index in [9.17, 15) is 13.2 Å². The smallest absolute Gasteiger partial charge is 0.406 e. The lowest BCUT2D eigenvalue weighted by Gasteiger charge is -2.09. The van der Waals surface area contributed by atoms with Gasteiger partial charge in [-0.2, -0.15) is 5.10 Å². The van der Waals surface area contributed by atoms with Gasteiger partial charge >= 0.3 is 6.36 Å². The number of hydrogen-bond donors (Lipinski definition) is 0. The van der Waals surface area contributed by atoms with Crippen molar-refractivity contribution < 1.29 is 17.9 Å². The summed E-state index contributed by atoms with van der Waals surface area (Å²) in [6.07, 6.45) is -2.27. The van der Waals surface area contributed by atoms with Gasteiger partial charge in [0.05, 0.1) is 12.2 Å². The van der Waals surface area contributed by atoms with Gasteiger partial charge in [0.15, 0.2) is 0 Å². The molecule has 0 radical (unpaired) electrons. The molecule has 1 heterocycles. The standard InChI is InChI=1S/C29H20Br2F3N3OS/c1-37-28(18-6-9-20(10-7-18)38-29(32,33)34)23-12-8-19-13-17(5-11-22(19)27(23)36-37)15-35-16-21(39)14-24-25(30)3-2-4-26(24)31/h2-13,15H,14,16H2,1H3. The van der Waals surface area contributed by atoms with E-state index in [-0.39, 0.29) is 5.75 Å². The first-order valence-electron chi connectivity index (χ1n) is 11.8. The minimum Gasteiger partial charge on any atom is -0.406 e. The van der Waals surface area contributed by atoms with Crippen molar-refractivity contribution in [3.63, 3.8) is 0 Å². The largest absolute Gasteiger partial charge is 0.573 e. The van der Waals surface area contributed by atoms with Gasteiger partial charge in [-0.05, 0) is 65.0 Å². The number of halogens is 5. The molecule has 0 aliphatic rings. The Morgan fingerprint density at radius 2 is 1.69 bits per heavy atom. The van der Waals surface area contributed by atoms with E-state index in [4.69, 9.17) is 17.3 Å². The summed E-state index contributed by atoms with van der Waals surface area (Å²) in [4.78, 5) is 5.39. The summed E-state index contributed by atoms with van der Waals surface area (Å²) < 4.78 is 45.3. The van der Waals surface area contributed by atoms with Gasteiger partial charge in [-0.15, -0.1) is 13.2 Å². The Bertz CT molecular complexity index is 1710. The molecular weight excluding hydrogens is 655 g/mol. The van der Waals surface area contributed by atoms with E-state index in [0.29, 0.717) is 13.0 Å². The number of aryl methyl sites for hydroxylation is 1. The van der Waals surface area contributed by atoms with E-state index in [1.807, 2.05) is 61.8 Å². The number of thiocarbonyl (C=S) groups is 1. The van der Waals surface area contributed by atoms with Crippen LogP contribution in [-0.4, -0.2) is 33.8 Å². The molecule has 0 unspecified atom stereocenters. The fraction of sp³-hybridized carbons (Fsp3) is 0.138. The first-order valence-corrected chi connectivity index (χ1v) is 13.8. The highest BCUT2D eigenvalue weighted by molar-refractivity contribution is 9.11. The van der Waals surface area contributed by atoms with Crippen molar-refractivity contribution >= 4 is 76.8 Å². The molecule has 10 heteroatoms. The monoisotopic (exact) mass is 673 g/mol. The molecule has 4 aromatic carbocycles. The molecule has 0 fully saturated rings. The average Bonchev–Trinajstić information content (AvgIpc) is 3.22. The molecule has 0 saturated carbocycles. The summed E-state index contributed by atoms with van der Waals surface area (Å²) in [7, 11) is 1.82. The van der Waals surface area contributed by atoms with Crippen LogP contribution in [0.25, 0.3) is 32.9 Å². The maximum Gasteiger partial charge on any atom is 0.573 e. The van der Waals surface area contributed by atoms with E-state index in [1.165, 1.54) is 12.1 Å². The van der Waals surface area contributed by atoms with Gasteiger partial charge in [0, 0.05) is 49.8 Å². The number of aromatic nitrogens is 2. The van der Waals surface area contributed by atoms with Crippen LogP contribution in [0.15, 0.2) is 86.7 Å². The van der Waals surface area contributed by atoms with Crippen molar-refractivity contribution in [2.75, 3.05) is 6.54 Å². The summed E-state index contributed by atoms with van der Waals surface area (Å²) in [6, 6.07) is 21.8. The lowest BCUT2D eigenvalue weighted by molar-refractivity contribution is -0.274. The SMILES string of the molecule is Cn1nc2c(ccc3cc(C=NCC(=S)Cc4c(Br)cccc4Br)ccc32)c1-c1ccc(OC(F)(F)F)cc1. The van der Waals surface area contributed by atoms with E-state index in [1.54, 1.807) is 16.8 Å². The third-order valence-corrected chi connectivity index (χ3v) is 7.91. The number of benzene rings is 4. The summed E-state index contributed by atoms with van der Waals surface area (Å²) in [6.45, 7) is 0.441. The minimum absolute atomic E-state index is 0.265. The van der Waals surface area contributed by atoms with Crippen LogP contribution in [0.3, 0.4) is 0 Å². The van der Waals surface area contributed by atoms with Crippen LogP contribution in [0, 0.1) is 0 Å². The third-order valence-electron chi connectivity index (χ3n) is 6.15. The van der Waals surface area contributed by atoms with Crippen molar-refractivity contribution in [3.8, 4) is 17.0 Å². The maximum atomic E-state index is 12.5. The number of aliphatic imine (C=N–C) groups is 1. The van der Waals surface area contributed by atoms with Gasteiger partial charge in [-0.3, -0.25) is 9.67 Å². The molecule has 0 amide bonds. The van der Waals surface area contributed by atoms with Crippen LogP contribution < -0.4 is 4.74 Å². The topological polar surface area (TPSA) is 39.4 Å². The molecule has 4 nitrogen and oxygen atoms in total. The summed E-state index contributed by atoms with van der Waals surface area (Å²) in [5, 5.41) is 7.59. The van der Waals surface area contributed by atoms with E-state index in [0.717, 1.165) is 57.9 Å². The lowest BCUT2D eigenvalue weighted by atomic mass is 10.0. The number of ether oxygens (including phenoxy) is 1. The molecule has 198 valence electrons. The molecule has 39 heavy (non-hydrogen) atoms. The van der Waals surface area contributed by atoms with Crippen molar-refractivity contribution in [3.05, 3.63) is 92.9 Å². The fourth-order valence-electron chi connectivity index (χ4n) is 4.45. The number of fused-ring (bicyclic) bond motifs is 3. The Kier molecular flexibility index (Phi) is 7.89. The second-order valence-electron chi connectivity index (χ2n) is 8.87. The number of alkyl halides is 3. The Morgan fingerprint density at radius 3 is 2.38 bits per heavy atom. The quantitative estimate of drug-likeness (QED) is 0.128. The van der Waals surface area contributed by atoms with Gasteiger partial charge in [0.2, 0.25) is 0 Å². The van der Waals surface area contributed by atoms with Crippen LogP contribution in [-0.2, 0) is 13.5 Å². The minimum atomic E-state index is -4.73. The fourth-order valence-corrected chi connectivity index (χ4v) is 5.95. The van der Waals surface area contributed by atoms with Gasteiger partial charge in [-0.25, -0.2) is 0 Å². The zero-order chi connectivity index (χ0) is 27.7. The van der Waals surface area contributed by atoms with Crippen LogP contribution in [0.4, 0.5) is 13.2 Å². The summed E-state index contributed by atoms with van der Waals surface area (Å²) in [5.74, 6) is -0.265. The molecule has 5 aromatic rings. The lowest BCUT2D eigenvalue weighted by Crippen LogP contribution is -2.16. The third kappa shape index (κ3) is 6.23. The molecular formula is C29H20Br2F3N3OS. The van der Waals surface area contributed by atoms with Crippen LogP contribution in [0.5, 0.6) is 5.75 Å². The maximum absolute atomic E-state index is 12.5. The first-order chi connectivity index (χ1) is 18.6. The molecule has 5 rings (SSSR count). The first kappa shape index (κ1) is 27.5. The molecule has 0 spiro atoms. The molecule has 0 aliphatic heterocycles. The molecule has 0 aliphatic carbocycles. The van der Waals surface area contributed by atoms with Crippen molar-refractivity contribution in [1.29, 1.82) is 0 Å². The van der Waals surface area contributed by atoms with Gasteiger partial charge < -0.3 is 4.74 Å². The normalized spacial score (nSPS) is 12.1. The predicted molar refractivity (Wildman–Crippen MR) is 161 cm³/mol. The number of nitrogens with zero attached hydrogens (tertiary/aromatic N) is 3. The van der Waals surface area contributed by atoms with E-state index >= 15 is 0 Å². The van der Waals surface area contributed by atoms with Crippen molar-refractivity contribution in [1.82, 2.24) is 9.78 Å². The van der Waals surface area contributed by atoms with Crippen LogP contribution in [0.1, 0.15) is 11.1 Å². The molecule has 1 aromatic heterocycles. The Morgan fingerprint density at radius 1 is 1.00 bits per heavy atom. The van der Waals surface area contributed by atoms with Crippen molar-refractivity contribution in [2.24, 2.45) is 12.0 Å². The Balaban J connectivity index is 1.36. The zero-order valence-corrected chi connectivity index (χ0v) is 24.5. The highest BCUT2D eigenvalue weighted by Gasteiger charge is 2.31. The van der Waals surface area contributed by atoms with E-state index < -0.39 is 6.36 Å². The van der Waals surface area contributed by atoms with Crippen LogP contribution in [0.2, 0.25) is 0 Å². The highest BCUT2D eigenvalue weighted by Crippen LogP contribution is 2.34. The van der Waals surface area contributed by atoms with Crippen LogP contribution >= 0.6 is 44.1 Å². The average molecular weight is 675 g/mol. The summed E-state index contributed by atoms with van der Waals surface area (Å²) in [5.41, 5.74) is 4.41. The highest BCUT2D eigenvalue weighted by atomic mass is 79.9. The molecule has 0 N–H and O–H groups in total.